The Balaban J connectivity index is 0.000000501. The summed E-state index contributed by atoms with van der Waals surface area (Å²) in [7, 11) is 0. The molecular weight excluding hydrogens is 716 g/mol. The zero-order valence-electron chi connectivity index (χ0n) is 27.3. The zero-order chi connectivity index (χ0) is 37.8. The Hall–Kier alpha value is -3.90. The molecule has 1 heterocycles. The first-order valence-corrected chi connectivity index (χ1v) is 17.0. The molecule has 9 nitrogen and oxygen atoms in total. The number of benzene rings is 2. The van der Waals surface area contributed by atoms with Gasteiger partial charge in [0.25, 0.3) is 0 Å². The maximum Gasteiger partial charge on any atom is 0.458 e. The first kappa shape index (κ1) is 41.5. The number of fused-ring (bicyclic) bond motifs is 1. The van der Waals surface area contributed by atoms with Crippen LogP contribution in [-0.4, -0.2) is 83.6 Å². The number of amides is 1. The first-order chi connectivity index (χ1) is 24.0. The summed E-state index contributed by atoms with van der Waals surface area (Å²) in [6.07, 6.45) is -3.38. The molecule has 2 aromatic carbocycles. The van der Waals surface area contributed by atoms with Crippen LogP contribution in [0.4, 0.5) is 35.1 Å². The molecule has 1 aliphatic rings. The average Bonchev–Trinajstić information content (AvgIpc) is 3.27. The molecule has 4 N–H and O–H groups in total. The lowest BCUT2D eigenvalue weighted by atomic mass is 10.1. The minimum absolute atomic E-state index is 0.0771. The summed E-state index contributed by atoms with van der Waals surface area (Å²) in [5.74, 6) is -8.27. The quantitative estimate of drug-likeness (QED) is 0.0716. The number of Topliss-reactive ketones (excluding diaryl/α,β-unsaturated/α-hetero) is 2. The number of rotatable bonds is 14. The first-order valence-electron chi connectivity index (χ1n) is 16.2. The molecule has 1 aliphatic carbocycles. The molecule has 282 valence electrons. The van der Waals surface area contributed by atoms with Crippen molar-refractivity contribution >= 4 is 39.0 Å². The fraction of sp³-hybridized carbons (Fsp3) is 0.515. The summed E-state index contributed by atoms with van der Waals surface area (Å²) in [5.41, 5.74) is 1.82. The van der Waals surface area contributed by atoms with Crippen molar-refractivity contribution in [2.45, 2.75) is 76.2 Å². The molecule has 0 aliphatic heterocycles. The molecule has 0 unspecified atom stereocenters. The van der Waals surface area contributed by atoms with Crippen LogP contribution in [0.15, 0.2) is 35.1 Å². The fourth-order valence-electron chi connectivity index (χ4n) is 5.58. The molecule has 1 amide bonds. The summed E-state index contributed by atoms with van der Waals surface area (Å²) < 4.78 is 95.0. The monoisotopic (exact) mass is 754 g/mol. The smallest absolute Gasteiger partial charge is 0.458 e. The van der Waals surface area contributed by atoms with Gasteiger partial charge >= 0.3 is 28.8 Å². The lowest BCUT2D eigenvalue weighted by Crippen LogP contribution is -2.45. The van der Waals surface area contributed by atoms with Crippen molar-refractivity contribution in [2.75, 3.05) is 32.7 Å². The fourth-order valence-corrected chi connectivity index (χ4v) is 6.48. The number of nitrogens with one attached hydrogen (secondary N) is 3. The Labute approximate surface area is 291 Å². The number of carbonyl (C=O) groups is 3. The number of phenolic OH excluding ortho intramolecular Hbond substituents is 1. The summed E-state index contributed by atoms with van der Waals surface area (Å²) in [4.78, 5) is 48.8. The van der Waals surface area contributed by atoms with Gasteiger partial charge in [-0.15, -0.1) is 0 Å². The SMILES string of the molecule is O=C(C(=O)C(F)(F)F)C(F)(F)F.O=C(CCNCCc1cccc(F)c1F)N(CCNCCc1ccc(O)c2[nH]c(=O)sc12)C1CCCCCC1. The molecular formula is C33H38F8N4O5S. The van der Waals surface area contributed by atoms with Crippen LogP contribution in [-0.2, 0) is 27.2 Å². The molecule has 0 radical (unpaired) electrons. The number of aromatic nitrogens is 1. The number of halogens is 8. The zero-order valence-corrected chi connectivity index (χ0v) is 28.1. The van der Waals surface area contributed by atoms with Crippen molar-refractivity contribution in [1.82, 2.24) is 20.5 Å². The average molecular weight is 755 g/mol. The number of aromatic amines is 1. The van der Waals surface area contributed by atoms with E-state index in [4.69, 9.17) is 0 Å². The number of hydrogen-bond acceptors (Lipinski definition) is 8. The molecule has 18 heteroatoms. The second kappa shape index (κ2) is 19.1. The molecule has 0 spiro atoms. The van der Waals surface area contributed by atoms with E-state index >= 15 is 0 Å². The standard InChI is InChI=1S/C29H38F2N4O3S.C4F6O2/c30-23-9-5-6-20(26(23)31)12-15-32-17-14-25(37)35(22-7-3-1-2-4-8-22)19-18-33-16-13-21-10-11-24(36)27-28(21)39-29(38)34-27;5-3(6,7)1(11)2(12)4(8,9)10/h5-6,9-11,22,32-33,36H,1-4,7-8,12-19H2,(H,34,38);. The van der Waals surface area contributed by atoms with E-state index in [1.54, 1.807) is 12.1 Å². The van der Waals surface area contributed by atoms with Crippen LogP contribution in [0.1, 0.15) is 56.1 Å². The number of alkyl halides is 6. The number of carbonyl (C=O) groups excluding carboxylic acids is 3. The second-order valence-electron chi connectivity index (χ2n) is 11.8. The van der Waals surface area contributed by atoms with Gasteiger partial charge in [0, 0.05) is 32.1 Å². The van der Waals surface area contributed by atoms with Gasteiger partial charge < -0.3 is 25.6 Å². The van der Waals surface area contributed by atoms with Gasteiger partial charge in [-0.3, -0.25) is 19.2 Å². The molecule has 3 aromatic rings. The highest BCUT2D eigenvalue weighted by molar-refractivity contribution is 7.16. The lowest BCUT2D eigenvalue weighted by Gasteiger charge is -2.32. The Kier molecular flexibility index (Phi) is 15.5. The summed E-state index contributed by atoms with van der Waals surface area (Å²) in [5, 5.41) is 16.6. The molecule has 1 fully saturated rings. The van der Waals surface area contributed by atoms with Gasteiger partial charge in [0.2, 0.25) is 5.91 Å². The number of H-pyrrole nitrogens is 1. The van der Waals surface area contributed by atoms with Crippen molar-refractivity contribution in [3.63, 3.8) is 0 Å². The van der Waals surface area contributed by atoms with Crippen molar-refractivity contribution in [1.29, 1.82) is 0 Å². The molecule has 4 rings (SSSR count). The highest BCUT2D eigenvalue weighted by Gasteiger charge is 2.54. The van der Waals surface area contributed by atoms with Crippen LogP contribution < -0.4 is 15.5 Å². The molecule has 0 bridgehead atoms. The maximum absolute atomic E-state index is 13.8. The predicted octanol–water partition coefficient (Wildman–Crippen LogP) is 5.73. The topological polar surface area (TPSA) is 132 Å². The number of ketones is 2. The van der Waals surface area contributed by atoms with Crippen LogP contribution in [0.25, 0.3) is 10.2 Å². The predicted molar refractivity (Wildman–Crippen MR) is 174 cm³/mol. The van der Waals surface area contributed by atoms with E-state index in [2.05, 4.69) is 15.6 Å². The molecule has 51 heavy (non-hydrogen) atoms. The van der Waals surface area contributed by atoms with E-state index < -0.39 is 35.6 Å². The highest BCUT2D eigenvalue weighted by atomic mass is 32.1. The second-order valence-corrected chi connectivity index (χ2v) is 12.8. The highest BCUT2D eigenvalue weighted by Crippen LogP contribution is 2.28. The molecule has 0 atom stereocenters. The van der Waals surface area contributed by atoms with Crippen LogP contribution in [0.2, 0.25) is 0 Å². The largest absolute Gasteiger partial charge is 0.506 e. The molecule has 0 saturated heterocycles. The maximum atomic E-state index is 13.8. The van der Waals surface area contributed by atoms with Crippen LogP contribution in [0.3, 0.4) is 0 Å². The van der Waals surface area contributed by atoms with E-state index in [1.807, 2.05) is 11.0 Å². The van der Waals surface area contributed by atoms with Crippen molar-refractivity contribution in [2.24, 2.45) is 0 Å². The number of phenols is 1. The number of aromatic hydroxyl groups is 1. The Bertz CT molecular complexity index is 1660. The Morgan fingerprint density at radius 1 is 0.824 bits per heavy atom. The van der Waals surface area contributed by atoms with Crippen LogP contribution in [0.5, 0.6) is 5.75 Å². The van der Waals surface area contributed by atoms with Crippen LogP contribution in [0, 0.1) is 11.6 Å². The molecule has 1 saturated carbocycles. The van der Waals surface area contributed by atoms with E-state index in [0.717, 1.165) is 53.3 Å². The lowest BCUT2D eigenvalue weighted by molar-refractivity contribution is -0.193. The van der Waals surface area contributed by atoms with Crippen molar-refractivity contribution < 1.29 is 54.6 Å². The van der Waals surface area contributed by atoms with Gasteiger partial charge in [0.05, 0.1) is 4.70 Å². The van der Waals surface area contributed by atoms with Gasteiger partial charge in [-0.25, -0.2) is 8.78 Å². The third-order valence-corrected chi connectivity index (χ3v) is 9.12. The Morgan fingerprint density at radius 3 is 2.02 bits per heavy atom. The number of hydrogen-bond donors (Lipinski definition) is 4. The van der Waals surface area contributed by atoms with Crippen molar-refractivity contribution in [3.8, 4) is 5.75 Å². The Morgan fingerprint density at radius 2 is 1.41 bits per heavy atom. The van der Waals surface area contributed by atoms with E-state index in [1.165, 1.54) is 18.9 Å². The third-order valence-electron chi connectivity index (χ3n) is 8.16. The van der Waals surface area contributed by atoms with Gasteiger partial charge in [-0.1, -0.05) is 55.2 Å². The minimum atomic E-state index is -5.77. The third kappa shape index (κ3) is 12.7. The van der Waals surface area contributed by atoms with Crippen molar-refractivity contribution in [3.05, 3.63) is 62.8 Å². The van der Waals surface area contributed by atoms with Gasteiger partial charge in [0.15, 0.2) is 11.6 Å². The van der Waals surface area contributed by atoms with Gasteiger partial charge in [-0.2, -0.15) is 26.3 Å². The summed E-state index contributed by atoms with van der Waals surface area (Å²) >= 11 is 1.10. The molecule has 1 aromatic heterocycles. The summed E-state index contributed by atoms with van der Waals surface area (Å²) in [6, 6.07) is 7.90. The minimum Gasteiger partial charge on any atom is -0.506 e. The van der Waals surface area contributed by atoms with E-state index in [0.29, 0.717) is 63.1 Å². The van der Waals surface area contributed by atoms with Gasteiger partial charge in [0.1, 0.15) is 11.3 Å². The van der Waals surface area contributed by atoms with E-state index in [-0.39, 0.29) is 22.6 Å². The van der Waals surface area contributed by atoms with Crippen LogP contribution >= 0.6 is 11.3 Å². The summed E-state index contributed by atoms with van der Waals surface area (Å²) in [6.45, 7) is 2.94. The normalized spacial score (nSPS) is 14.1. The number of nitrogens with zero attached hydrogens (tertiary/aromatic N) is 1. The van der Waals surface area contributed by atoms with Gasteiger partial charge in [-0.05, 0) is 62.0 Å². The van der Waals surface area contributed by atoms with E-state index in [9.17, 15) is 59.4 Å². The number of thiazole rings is 1.